The van der Waals surface area contributed by atoms with Crippen LogP contribution in [0.25, 0.3) is 10.9 Å². The van der Waals surface area contributed by atoms with Gasteiger partial charge in [0.2, 0.25) is 0 Å². The zero-order valence-corrected chi connectivity index (χ0v) is 19.7. The van der Waals surface area contributed by atoms with Crippen molar-refractivity contribution in [3.63, 3.8) is 0 Å². The first-order chi connectivity index (χ1) is 15.6. The Kier molecular flexibility index (Phi) is 13.3. The quantitative estimate of drug-likeness (QED) is 0.372. The molecule has 0 bridgehead atoms. The molecule has 0 aliphatic rings. The largest absolute Gasteiger partial charge is 0.497 e. The van der Waals surface area contributed by atoms with Crippen LogP contribution in [0.5, 0.6) is 5.75 Å². The van der Waals surface area contributed by atoms with E-state index < -0.39 is 0 Å². The van der Waals surface area contributed by atoms with Crippen molar-refractivity contribution in [3.05, 3.63) is 54.4 Å². The molecule has 0 atom stereocenters. The van der Waals surface area contributed by atoms with Crippen LogP contribution in [-0.2, 0) is 16.1 Å². The van der Waals surface area contributed by atoms with Crippen LogP contribution in [0.2, 0.25) is 0 Å². The van der Waals surface area contributed by atoms with E-state index >= 15 is 0 Å². The maximum Gasteiger partial charge on any atom is 0.157 e. The lowest BCUT2D eigenvalue weighted by molar-refractivity contribution is -0.106. The van der Waals surface area contributed by atoms with Crippen molar-refractivity contribution in [3.8, 4) is 5.75 Å². The number of fused-ring (bicyclic) bond motifs is 1. The molecule has 0 amide bonds. The average Bonchev–Trinajstić information content (AvgIpc) is 2.85. The van der Waals surface area contributed by atoms with Crippen molar-refractivity contribution < 1.29 is 19.4 Å². The summed E-state index contributed by atoms with van der Waals surface area (Å²) in [6.45, 7) is 4.80. The minimum absolute atomic E-state index is 0.429. The molecule has 0 radical (unpaired) electrons. The van der Waals surface area contributed by atoms with Gasteiger partial charge in [0.1, 0.15) is 24.5 Å². The minimum Gasteiger partial charge on any atom is -0.497 e. The standard InChI is InChI=1S/C22H27N3O2.C2H4O.CH4O/c1-4-5-8-15-27-16-21-23-20-10-7-6-9-19(20)22(24-21)25(2)17-11-13-18(26-3)14-12-17;1-2-3;1-2/h6-7,9-14H,4-5,8,15-16H2,1-3H3;2H,1H3;2H,1H3. The summed E-state index contributed by atoms with van der Waals surface area (Å²) < 4.78 is 11.0. The number of ether oxygens (including phenoxy) is 2. The second kappa shape index (κ2) is 15.7. The Labute approximate surface area is 191 Å². The first kappa shape index (κ1) is 27.0. The van der Waals surface area contributed by atoms with Crippen LogP contribution in [0, 0.1) is 0 Å². The number of aldehydes is 1. The molecule has 1 heterocycles. The molecule has 0 fully saturated rings. The summed E-state index contributed by atoms with van der Waals surface area (Å²) in [7, 11) is 4.69. The van der Waals surface area contributed by atoms with Gasteiger partial charge >= 0.3 is 0 Å². The van der Waals surface area contributed by atoms with E-state index in [1.54, 1.807) is 7.11 Å². The van der Waals surface area contributed by atoms with E-state index in [-0.39, 0.29) is 0 Å². The first-order valence-corrected chi connectivity index (χ1v) is 10.7. The van der Waals surface area contributed by atoms with Crippen LogP contribution in [0.15, 0.2) is 48.5 Å². The normalized spacial score (nSPS) is 9.81. The summed E-state index contributed by atoms with van der Waals surface area (Å²) in [5.74, 6) is 2.42. The zero-order chi connectivity index (χ0) is 23.8. The van der Waals surface area contributed by atoms with E-state index in [0.29, 0.717) is 12.4 Å². The Balaban J connectivity index is 0.000000944. The third-order valence-corrected chi connectivity index (χ3v) is 4.53. The van der Waals surface area contributed by atoms with E-state index in [0.717, 1.165) is 54.6 Å². The van der Waals surface area contributed by atoms with Crippen molar-refractivity contribution >= 4 is 28.7 Å². The molecule has 3 rings (SSSR count). The number of para-hydroxylation sites is 1. The number of aliphatic hydroxyl groups is 1. The fourth-order valence-electron chi connectivity index (χ4n) is 2.97. The molecule has 2 aromatic carbocycles. The number of unbranched alkanes of at least 4 members (excludes halogenated alkanes) is 2. The van der Waals surface area contributed by atoms with Gasteiger partial charge in [0.25, 0.3) is 0 Å². The SMILES string of the molecule is CC=O.CCCCCOCc1nc(N(C)c2ccc(OC)cc2)c2ccccc2n1.CO. The summed E-state index contributed by atoms with van der Waals surface area (Å²) in [6, 6.07) is 16.0. The van der Waals surface area contributed by atoms with Crippen molar-refractivity contribution in [1.29, 1.82) is 0 Å². The van der Waals surface area contributed by atoms with Gasteiger partial charge in [0, 0.05) is 31.8 Å². The molecule has 0 aliphatic carbocycles. The summed E-state index contributed by atoms with van der Waals surface area (Å²) in [5, 5.41) is 8.02. The van der Waals surface area contributed by atoms with Gasteiger partial charge in [0.05, 0.1) is 12.6 Å². The highest BCUT2D eigenvalue weighted by molar-refractivity contribution is 5.91. The molecule has 7 nitrogen and oxygen atoms in total. The van der Waals surface area contributed by atoms with E-state index in [2.05, 4.69) is 22.9 Å². The number of carbonyl (C=O) groups is 1. The Morgan fingerprint density at radius 1 is 1.03 bits per heavy atom. The fourth-order valence-corrected chi connectivity index (χ4v) is 2.97. The van der Waals surface area contributed by atoms with E-state index in [4.69, 9.17) is 24.4 Å². The van der Waals surface area contributed by atoms with Gasteiger partial charge in [-0.05, 0) is 49.7 Å². The molecule has 1 aromatic heterocycles. The molecule has 1 N–H and O–H groups in total. The van der Waals surface area contributed by atoms with Crippen molar-refractivity contribution in [2.75, 3.05) is 32.8 Å². The maximum absolute atomic E-state index is 8.81. The highest BCUT2D eigenvalue weighted by atomic mass is 16.5. The predicted molar refractivity (Wildman–Crippen MR) is 130 cm³/mol. The van der Waals surface area contributed by atoms with E-state index in [1.807, 2.05) is 49.5 Å². The lowest BCUT2D eigenvalue weighted by atomic mass is 10.2. The number of hydrogen-bond acceptors (Lipinski definition) is 7. The molecule has 0 saturated heterocycles. The first-order valence-electron chi connectivity index (χ1n) is 10.7. The number of methoxy groups -OCH3 is 1. The molecule has 3 aromatic rings. The second-order valence-corrected chi connectivity index (χ2v) is 6.73. The maximum atomic E-state index is 8.81. The summed E-state index contributed by atoms with van der Waals surface area (Å²) >= 11 is 0. The number of carbonyl (C=O) groups excluding carboxylic acids is 1. The fraction of sp³-hybridized carbons (Fsp3) is 0.400. The minimum atomic E-state index is 0.429. The number of anilines is 2. The Bertz CT molecular complexity index is 917. The smallest absolute Gasteiger partial charge is 0.157 e. The van der Waals surface area contributed by atoms with Crippen LogP contribution < -0.4 is 9.64 Å². The number of hydrogen-bond donors (Lipinski definition) is 1. The monoisotopic (exact) mass is 441 g/mol. The van der Waals surface area contributed by atoms with Gasteiger partial charge in [-0.15, -0.1) is 0 Å². The van der Waals surface area contributed by atoms with Crippen LogP contribution in [0.1, 0.15) is 38.9 Å². The zero-order valence-electron chi connectivity index (χ0n) is 19.7. The number of rotatable bonds is 9. The number of nitrogens with zero attached hydrogens (tertiary/aromatic N) is 3. The second-order valence-electron chi connectivity index (χ2n) is 6.73. The molecular weight excluding hydrogens is 406 g/mol. The lowest BCUT2D eigenvalue weighted by Crippen LogP contribution is -2.14. The van der Waals surface area contributed by atoms with Crippen LogP contribution in [-0.4, -0.2) is 49.2 Å². The third-order valence-electron chi connectivity index (χ3n) is 4.53. The van der Waals surface area contributed by atoms with E-state index in [1.165, 1.54) is 19.8 Å². The molecule has 0 spiro atoms. The Hall–Kier alpha value is -3.03. The van der Waals surface area contributed by atoms with Crippen molar-refractivity contribution in [2.45, 2.75) is 39.7 Å². The molecular formula is C25H35N3O4. The number of aliphatic hydroxyl groups excluding tert-OH is 1. The Morgan fingerprint density at radius 2 is 1.69 bits per heavy atom. The van der Waals surface area contributed by atoms with Gasteiger partial charge in [-0.2, -0.15) is 0 Å². The molecule has 0 aliphatic heterocycles. The Morgan fingerprint density at radius 3 is 2.31 bits per heavy atom. The van der Waals surface area contributed by atoms with Crippen molar-refractivity contribution in [2.24, 2.45) is 0 Å². The lowest BCUT2D eigenvalue weighted by Gasteiger charge is -2.21. The topological polar surface area (TPSA) is 84.8 Å². The highest BCUT2D eigenvalue weighted by Crippen LogP contribution is 2.29. The highest BCUT2D eigenvalue weighted by Gasteiger charge is 2.13. The number of benzene rings is 2. The predicted octanol–water partition coefficient (Wildman–Crippen LogP) is 4.93. The molecule has 0 saturated carbocycles. The molecule has 174 valence electrons. The van der Waals surface area contributed by atoms with Crippen LogP contribution in [0.3, 0.4) is 0 Å². The van der Waals surface area contributed by atoms with Gasteiger partial charge < -0.3 is 24.3 Å². The van der Waals surface area contributed by atoms with Crippen LogP contribution in [0.4, 0.5) is 11.5 Å². The van der Waals surface area contributed by atoms with Gasteiger partial charge in [0.15, 0.2) is 5.82 Å². The van der Waals surface area contributed by atoms with Crippen molar-refractivity contribution in [1.82, 2.24) is 9.97 Å². The summed E-state index contributed by atoms with van der Waals surface area (Å²) in [4.78, 5) is 20.3. The summed E-state index contributed by atoms with van der Waals surface area (Å²) in [6.07, 6.45) is 4.19. The molecule has 32 heavy (non-hydrogen) atoms. The van der Waals surface area contributed by atoms with Gasteiger partial charge in [-0.3, -0.25) is 0 Å². The number of aromatic nitrogens is 2. The van der Waals surface area contributed by atoms with Gasteiger partial charge in [-0.25, -0.2) is 9.97 Å². The van der Waals surface area contributed by atoms with Gasteiger partial charge in [-0.1, -0.05) is 31.9 Å². The molecule has 7 heteroatoms. The van der Waals surface area contributed by atoms with E-state index in [9.17, 15) is 0 Å². The summed E-state index contributed by atoms with van der Waals surface area (Å²) in [5.41, 5.74) is 1.96. The molecule has 0 unspecified atom stereocenters. The third kappa shape index (κ3) is 8.24. The van der Waals surface area contributed by atoms with Crippen LogP contribution >= 0.6 is 0 Å². The average molecular weight is 442 g/mol.